The van der Waals surface area contributed by atoms with Gasteiger partial charge in [0, 0.05) is 45.9 Å². The Kier molecular flexibility index (Phi) is 5.47. The Morgan fingerprint density at radius 1 is 1.11 bits per heavy atom. The molecule has 2 fully saturated rings. The summed E-state index contributed by atoms with van der Waals surface area (Å²) in [5.41, 5.74) is 3.77. The fourth-order valence-corrected chi connectivity index (χ4v) is 7.13. The second-order valence-corrected chi connectivity index (χ2v) is 10.8. The van der Waals surface area contributed by atoms with Crippen LogP contribution in [0.1, 0.15) is 51.4 Å². The maximum Gasteiger partial charge on any atom is 0.269 e. The average Bonchev–Trinajstić information content (AvgIpc) is 3.53. The van der Waals surface area contributed by atoms with Crippen LogP contribution in [0.2, 0.25) is 5.02 Å². The van der Waals surface area contributed by atoms with E-state index in [-0.39, 0.29) is 29.3 Å². The van der Waals surface area contributed by atoms with E-state index in [1.54, 1.807) is 36.4 Å². The number of nitrogens with one attached hydrogen (secondary N) is 1. The molecule has 8 heteroatoms. The molecule has 7 nitrogen and oxygen atoms in total. The van der Waals surface area contributed by atoms with Crippen LogP contribution in [0.25, 0.3) is 0 Å². The lowest BCUT2D eigenvalue weighted by atomic mass is 9.68. The molecule has 4 atom stereocenters. The van der Waals surface area contributed by atoms with Crippen LogP contribution in [0.5, 0.6) is 0 Å². The minimum Gasteiger partial charge on any atom is -0.324 e. The van der Waals surface area contributed by atoms with Gasteiger partial charge in [-0.15, -0.1) is 0 Å². The highest BCUT2D eigenvalue weighted by Gasteiger charge is 2.69. The normalized spacial score (nSPS) is 26.2. The molecule has 0 aliphatic carbocycles. The maximum absolute atomic E-state index is 14.5. The number of amides is 1. The van der Waals surface area contributed by atoms with E-state index >= 15 is 0 Å². The summed E-state index contributed by atoms with van der Waals surface area (Å²) in [5, 5.41) is 15.0. The van der Waals surface area contributed by atoms with Crippen LogP contribution in [-0.4, -0.2) is 34.1 Å². The molecule has 1 spiro atoms. The molecule has 0 aromatic heterocycles. The van der Waals surface area contributed by atoms with E-state index in [0.29, 0.717) is 17.1 Å². The number of carbonyl (C=O) groups is 2. The lowest BCUT2D eigenvalue weighted by Gasteiger charge is -2.37. The van der Waals surface area contributed by atoms with Crippen molar-refractivity contribution in [2.24, 2.45) is 5.92 Å². The van der Waals surface area contributed by atoms with E-state index in [1.807, 2.05) is 26.0 Å². The molecule has 3 aliphatic rings. The number of ketones is 1. The number of nitrogens with zero attached hydrogens (tertiary/aromatic N) is 2. The Morgan fingerprint density at radius 2 is 1.81 bits per heavy atom. The molecule has 2 saturated heterocycles. The van der Waals surface area contributed by atoms with Crippen molar-refractivity contribution in [3.63, 3.8) is 0 Å². The number of anilines is 1. The van der Waals surface area contributed by atoms with Crippen LogP contribution in [-0.2, 0) is 10.3 Å². The van der Waals surface area contributed by atoms with Crippen LogP contribution < -0.4 is 5.32 Å². The van der Waals surface area contributed by atoms with Crippen molar-refractivity contribution >= 4 is 34.7 Å². The van der Waals surface area contributed by atoms with Gasteiger partial charge in [0.2, 0.25) is 5.91 Å². The number of Topliss-reactive ketones (excluding diaryl/α,β-unsaturated/α-hetero) is 1. The zero-order valence-corrected chi connectivity index (χ0v) is 21.3. The Hall–Kier alpha value is -3.55. The van der Waals surface area contributed by atoms with Crippen LogP contribution in [0.3, 0.4) is 0 Å². The molecule has 6 rings (SSSR count). The van der Waals surface area contributed by atoms with E-state index in [2.05, 4.69) is 10.2 Å². The first-order valence-corrected chi connectivity index (χ1v) is 12.9. The Morgan fingerprint density at radius 3 is 2.49 bits per heavy atom. The molecular formula is C29H26ClN3O4. The number of hydrogen-bond acceptors (Lipinski definition) is 5. The van der Waals surface area contributed by atoms with Crippen LogP contribution in [0.15, 0.2) is 60.7 Å². The Bertz CT molecular complexity index is 1450. The molecule has 0 radical (unpaired) electrons. The molecule has 188 valence electrons. The summed E-state index contributed by atoms with van der Waals surface area (Å²) in [6.07, 6.45) is 1.74. The predicted octanol–water partition coefficient (Wildman–Crippen LogP) is 5.77. The molecular weight excluding hydrogens is 490 g/mol. The molecule has 0 bridgehead atoms. The average molecular weight is 516 g/mol. The largest absolute Gasteiger partial charge is 0.324 e. The summed E-state index contributed by atoms with van der Waals surface area (Å²) < 4.78 is 0. The van der Waals surface area contributed by atoms with E-state index in [9.17, 15) is 19.7 Å². The van der Waals surface area contributed by atoms with Crippen molar-refractivity contribution < 1.29 is 14.5 Å². The third kappa shape index (κ3) is 3.37. The number of hydrogen-bond donors (Lipinski definition) is 1. The molecule has 1 N–H and O–H groups in total. The highest BCUT2D eigenvalue weighted by atomic mass is 35.5. The topological polar surface area (TPSA) is 92.5 Å². The third-order valence-electron chi connectivity index (χ3n) is 8.35. The SMILES string of the molecule is Cc1cc(C)c2c(c1)[C@]1(C(=O)N2)C(C(=O)c2ccc(Cl)cc2)C(c2ccc([N+](=O)[O-])cc2)C2CCCN21. The highest BCUT2D eigenvalue weighted by molar-refractivity contribution is 6.30. The standard InChI is InChI=1S/C29H26ClN3O4/c1-16-14-17(2)26-22(15-16)29(28(35)31-26)25(27(34)19-5-9-20(30)10-6-19)24(23-4-3-13-32(23)29)18-7-11-21(12-8-18)33(36)37/h5-12,14-15,23-25H,3-4,13H2,1-2H3,(H,31,35)/t23?,24?,25?,29-/m1/s1. The minimum absolute atomic E-state index is 0.00415. The minimum atomic E-state index is -1.17. The van der Waals surface area contributed by atoms with Crippen molar-refractivity contribution in [1.29, 1.82) is 0 Å². The number of halogens is 1. The van der Waals surface area contributed by atoms with Gasteiger partial charge in [-0.1, -0.05) is 41.4 Å². The second-order valence-electron chi connectivity index (χ2n) is 10.4. The number of aryl methyl sites for hydroxylation is 2. The van der Waals surface area contributed by atoms with Gasteiger partial charge in [0.05, 0.1) is 10.8 Å². The van der Waals surface area contributed by atoms with Gasteiger partial charge in [0.1, 0.15) is 5.54 Å². The van der Waals surface area contributed by atoms with Gasteiger partial charge in [0.25, 0.3) is 5.69 Å². The second kappa shape index (κ2) is 8.50. The highest BCUT2D eigenvalue weighted by Crippen LogP contribution is 2.61. The van der Waals surface area contributed by atoms with Crippen molar-refractivity contribution in [3.8, 4) is 0 Å². The molecule has 37 heavy (non-hydrogen) atoms. The van der Waals surface area contributed by atoms with E-state index in [4.69, 9.17) is 11.6 Å². The summed E-state index contributed by atoms with van der Waals surface area (Å²) >= 11 is 6.13. The summed E-state index contributed by atoms with van der Waals surface area (Å²) in [4.78, 5) is 41.8. The number of nitro benzene ring substituents is 1. The lowest BCUT2D eigenvalue weighted by Crippen LogP contribution is -2.52. The summed E-state index contributed by atoms with van der Waals surface area (Å²) in [5.74, 6) is -1.34. The number of fused-ring (bicyclic) bond motifs is 4. The quantitative estimate of drug-likeness (QED) is 0.270. The fraction of sp³-hybridized carbons (Fsp3) is 0.310. The number of carbonyl (C=O) groups excluding carboxylic acids is 2. The first-order chi connectivity index (χ1) is 17.7. The van der Waals surface area contributed by atoms with Gasteiger partial charge < -0.3 is 5.32 Å². The van der Waals surface area contributed by atoms with E-state index < -0.39 is 16.4 Å². The van der Waals surface area contributed by atoms with Crippen LogP contribution in [0.4, 0.5) is 11.4 Å². The third-order valence-corrected chi connectivity index (χ3v) is 8.60. The van der Waals surface area contributed by atoms with Crippen molar-refractivity contribution in [3.05, 3.63) is 104 Å². The predicted molar refractivity (Wildman–Crippen MR) is 141 cm³/mol. The molecule has 0 saturated carbocycles. The van der Waals surface area contributed by atoms with Crippen molar-refractivity contribution in [2.45, 2.75) is 44.2 Å². The van der Waals surface area contributed by atoms with Crippen LogP contribution >= 0.6 is 11.6 Å². The van der Waals surface area contributed by atoms with Gasteiger partial charge in [-0.2, -0.15) is 0 Å². The number of nitro groups is 1. The van der Waals surface area contributed by atoms with Gasteiger partial charge >= 0.3 is 0 Å². The van der Waals surface area contributed by atoms with E-state index in [1.165, 1.54) is 12.1 Å². The molecule has 3 heterocycles. The fourth-order valence-electron chi connectivity index (χ4n) is 7.00. The number of non-ortho nitro benzene ring substituents is 1. The number of rotatable bonds is 4. The molecule has 3 unspecified atom stereocenters. The maximum atomic E-state index is 14.5. The van der Waals surface area contributed by atoms with Gasteiger partial charge in [0.15, 0.2) is 5.78 Å². The summed E-state index contributed by atoms with van der Waals surface area (Å²) in [7, 11) is 0. The van der Waals surface area contributed by atoms with E-state index in [0.717, 1.165) is 40.8 Å². The van der Waals surface area contributed by atoms with Crippen LogP contribution in [0, 0.1) is 29.9 Å². The first-order valence-electron chi connectivity index (χ1n) is 12.5. The summed E-state index contributed by atoms with van der Waals surface area (Å²) in [6.45, 7) is 4.67. The monoisotopic (exact) mass is 515 g/mol. The molecule has 1 amide bonds. The zero-order valence-electron chi connectivity index (χ0n) is 20.5. The van der Waals surface area contributed by atoms with Gasteiger partial charge in [-0.25, -0.2) is 0 Å². The molecule has 3 aliphatic heterocycles. The smallest absolute Gasteiger partial charge is 0.269 e. The number of benzene rings is 3. The zero-order chi connectivity index (χ0) is 26.1. The van der Waals surface area contributed by atoms with Gasteiger partial charge in [-0.3, -0.25) is 24.6 Å². The lowest BCUT2D eigenvalue weighted by molar-refractivity contribution is -0.384. The molecule has 3 aromatic carbocycles. The van der Waals surface area contributed by atoms with Crippen molar-refractivity contribution in [2.75, 3.05) is 11.9 Å². The first kappa shape index (κ1) is 23.8. The summed E-state index contributed by atoms with van der Waals surface area (Å²) in [6, 6.07) is 17.3. The molecule has 3 aromatic rings. The Balaban J connectivity index is 1.61. The van der Waals surface area contributed by atoms with Crippen molar-refractivity contribution in [1.82, 2.24) is 4.90 Å². The Labute approximate surface area is 219 Å². The van der Waals surface area contributed by atoms with Gasteiger partial charge in [-0.05, 0) is 68.6 Å².